The molecule has 104 valence electrons. The van der Waals surface area contributed by atoms with Crippen LogP contribution in [-0.2, 0) is 7.05 Å². The molecule has 4 nitrogen and oxygen atoms in total. The van der Waals surface area contributed by atoms with Crippen LogP contribution in [0.5, 0.6) is 0 Å². The molecule has 0 aliphatic carbocycles. The lowest BCUT2D eigenvalue weighted by atomic mass is 10.1. The van der Waals surface area contributed by atoms with Crippen LogP contribution in [0.15, 0.2) is 59.4 Å². The van der Waals surface area contributed by atoms with Gasteiger partial charge in [0.1, 0.15) is 11.5 Å². The number of hydrogen-bond donors (Lipinski definition) is 1. The number of benzene rings is 2. The summed E-state index contributed by atoms with van der Waals surface area (Å²) in [5, 5.41) is 10.1. The SMILES string of the molecule is Cn1c(=O)c(/C=C(\O)c2ccccc2)nc2ccccc21. The first kappa shape index (κ1) is 13.1. The van der Waals surface area contributed by atoms with Crippen LogP contribution in [0.4, 0.5) is 0 Å². The highest BCUT2D eigenvalue weighted by Gasteiger charge is 2.08. The van der Waals surface area contributed by atoms with Gasteiger partial charge in [-0.2, -0.15) is 0 Å². The van der Waals surface area contributed by atoms with Crippen molar-refractivity contribution in [2.45, 2.75) is 0 Å². The van der Waals surface area contributed by atoms with Gasteiger partial charge in [0.15, 0.2) is 0 Å². The Bertz CT molecular complexity index is 880. The Morgan fingerprint density at radius 2 is 1.76 bits per heavy atom. The van der Waals surface area contributed by atoms with E-state index >= 15 is 0 Å². The highest BCUT2D eigenvalue weighted by Crippen LogP contribution is 2.14. The zero-order valence-corrected chi connectivity index (χ0v) is 11.5. The molecular formula is C17H14N2O2. The molecular weight excluding hydrogens is 264 g/mol. The van der Waals surface area contributed by atoms with Gasteiger partial charge in [-0.1, -0.05) is 42.5 Å². The largest absolute Gasteiger partial charge is 0.507 e. The molecule has 0 amide bonds. The lowest BCUT2D eigenvalue weighted by molar-refractivity contribution is 0.515. The molecule has 4 heteroatoms. The second-order valence-corrected chi connectivity index (χ2v) is 4.75. The Balaban J connectivity index is 2.17. The smallest absolute Gasteiger partial charge is 0.276 e. The van der Waals surface area contributed by atoms with E-state index in [1.807, 2.05) is 42.5 Å². The van der Waals surface area contributed by atoms with Crippen LogP contribution in [0, 0.1) is 0 Å². The van der Waals surface area contributed by atoms with Crippen molar-refractivity contribution in [3.05, 3.63) is 76.2 Å². The standard InChI is InChI=1S/C17H14N2O2/c1-19-15-10-6-5-9-13(15)18-14(17(19)21)11-16(20)12-7-3-2-4-8-12/h2-11,20H,1H3/b16-11-. The first-order chi connectivity index (χ1) is 10.2. The molecule has 0 bridgehead atoms. The molecule has 3 aromatic rings. The van der Waals surface area contributed by atoms with Crippen molar-refractivity contribution in [1.82, 2.24) is 9.55 Å². The molecule has 1 aromatic heterocycles. The molecule has 0 unspecified atom stereocenters. The van der Waals surface area contributed by atoms with E-state index in [2.05, 4.69) is 4.98 Å². The van der Waals surface area contributed by atoms with E-state index in [1.165, 1.54) is 10.6 Å². The summed E-state index contributed by atoms with van der Waals surface area (Å²) in [6.45, 7) is 0. The highest BCUT2D eigenvalue weighted by atomic mass is 16.3. The Labute approximate surface area is 121 Å². The number of fused-ring (bicyclic) bond motifs is 1. The third kappa shape index (κ3) is 2.43. The summed E-state index contributed by atoms with van der Waals surface area (Å²) in [6, 6.07) is 16.5. The minimum absolute atomic E-state index is 0.0236. The summed E-state index contributed by atoms with van der Waals surface area (Å²) in [5.41, 5.74) is 2.11. The average molecular weight is 278 g/mol. The highest BCUT2D eigenvalue weighted by molar-refractivity contribution is 5.79. The van der Waals surface area contributed by atoms with Crippen molar-refractivity contribution in [3.63, 3.8) is 0 Å². The molecule has 0 radical (unpaired) electrons. The molecule has 2 aromatic carbocycles. The van der Waals surface area contributed by atoms with Gasteiger partial charge < -0.3 is 9.67 Å². The zero-order valence-electron chi connectivity index (χ0n) is 11.5. The number of aliphatic hydroxyl groups excluding tert-OH is 1. The van der Waals surface area contributed by atoms with Crippen LogP contribution in [0.1, 0.15) is 11.3 Å². The molecule has 0 saturated carbocycles. The number of para-hydroxylation sites is 2. The van der Waals surface area contributed by atoms with Crippen LogP contribution in [0.2, 0.25) is 0 Å². The van der Waals surface area contributed by atoms with Crippen LogP contribution in [0.3, 0.4) is 0 Å². The van der Waals surface area contributed by atoms with Crippen molar-refractivity contribution >= 4 is 22.9 Å². The minimum Gasteiger partial charge on any atom is -0.507 e. The number of hydrogen-bond acceptors (Lipinski definition) is 3. The first-order valence-corrected chi connectivity index (χ1v) is 6.58. The molecule has 0 atom stereocenters. The number of aliphatic hydroxyl groups is 1. The van der Waals surface area contributed by atoms with Gasteiger partial charge in [0.2, 0.25) is 0 Å². The van der Waals surface area contributed by atoms with Crippen molar-refractivity contribution in [2.24, 2.45) is 7.05 Å². The summed E-state index contributed by atoms with van der Waals surface area (Å²) < 4.78 is 1.53. The van der Waals surface area contributed by atoms with Gasteiger partial charge in [0.25, 0.3) is 5.56 Å². The lowest BCUT2D eigenvalue weighted by Gasteiger charge is -2.06. The third-order valence-electron chi connectivity index (χ3n) is 3.35. The fourth-order valence-corrected chi connectivity index (χ4v) is 2.22. The Hall–Kier alpha value is -2.88. The summed E-state index contributed by atoms with van der Waals surface area (Å²) >= 11 is 0. The molecule has 21 heavy (non-hydrogen) atoms. The molecule has 0 saturated heterocycles. The molecule has 0 aliphatic heterocycles. The maximum absolute atomic E-state index is 12.3. The van der Waals surface area contributed by atoms with Gasteiger partial charge in [-0.25, -0.2) is 4.98 Å². The molecule has 0 aliphatic rings. The lowest BCUT2D eigenvalue weighted by Crippen LogP contribution is -2.21. The van der Waals surface area contributed by atoms with Crippen LogP contribution in [-0.4, -0.2) is 14.7 Å². The van der Waals surface area contributed by atoms with E-state index in [-0.39, 0.29) is 17.0 Å². The third-order valence-corrected chi connectivity index (χ3v) is 3.35. The van der Waals surface area contributed by atoms with Gasteiger partial charge in [0, 0.05) is 18.7 Å². The number of rotatable bonds is 2. The Kier molecular flexibility index (Phi) is 3.28. The molecule has 0 spiro atoms. The van der Waals surface area contributed by atoms with Crippen molar-refractivity contribution < 1.29 is 5.11 Å². The second kappa shape index (κ2) is 5.25. The topological polar surface area (TPSA) is 55.1 Å². The first-order valence-electron chi connectivity index (χ1n) is 6.58. The van der Waals surface area contributed by atoms with E-state index < -0.39 is 0 Å². The van der Waals surface area contributed by atoms with E-state index in [0.29, 0.717) is 11.1 Å². The molecule has 1 N–H and O–H groups in total. The van der Waals surface area contributed by atoms with E-state index in [9.17, 15) is 9.90 Å². The zero-order chi connectivity index (χ0) is 14.8. The Morgan fingerprint density at radius 1 is 1.10 bits per heavy atom. The number of aromatic nitrogens is 2. The molecule has 3 rings (SSSR count). The van der Waals surface area contributed by atoms with Crippen molar-refractivity contribution in [2.75, 3.05) is 0 Å². The quantitative estimate of drug-likeness (QED) is 0.733. The fourth-order valence-electron chi connectivity index (χ4n) is 2.22. The van der Waals surface area contributed by atoms with Gasteiger partial charge in [-0.15, -0.1) is 0 Å². The predicted octanol–water partition coefficient (Wildman–Crippen LogP) is 2.99. The maximum atomic E-state index is 12.3. The average Bonchev–Trinajstić information content (AvgIpc) is 2.53. The summed E-state index contributed by atoms with van der Waals surface area (Å²) in [5.74, 6) is 0.0236. The van der Waals surface area contributed by atoms with Gasteiger partial charge in [-0.3, -0.25) is 4.79 Å². The predicted molar refractivity (Wildman–Crippen MR) is 83.9 cm³/mol. The van der Waals surface area contributed by atoms with Crippen molar-refractivity contribution in [3.8, 4) is 0 Å². The van der Waals surface area contributed by atoms with Gasteiger partial charge >= 0.3 is 0 Å². The van der Waals surface area contributed by atoms with E-state index in [1.54, 1.807) is 19.2 Å². The molecule has 1 heterocycles. The van der Waals surface area contributed by atoms with E-state index in [4.69, 9.17) is 0 Å². The fraction of sp³-hybridized carbons (Fsp3) is 0.0588. The van der Waals surface area contributed by atoms with Crippen LogP contribution >= 0.6 is 0 Å². The summed E-state index contributed by atoms with van der Waals surface area (Å²) in [7, 11) is 1.70. The number of aryl methyl sites for hydroxylation is 1. The van der Waals surface area contributed by atoms with Crippen LogP contribution < -0.4 is 5.56 Å². The van der Waals surface area contributed by atoms with Crippen molar-refractivity contribution in [1.29, 1.82) is 0 Å². The summed E-state index contributed by atoms with van der Waals surface area (Å²) in [6.07, 6.45) is 1.41. The van der Waals surface area contributed by atoms with Gasteiger partial charge in [-0.05, 0) is 12.1 Å². The number of nitrogens with zero attached hydrogens (tertiary/aromatic N) is 2. The molecule has 0 fully saturated rings. The van der Waals surface area contributed by atoms with Gasteiger partial charge in [0.05, 0.1) is 11.0 Å². The monoisotopic (exact) mass is 278 g/mol. The Morgan fingerprint density at radius 3 is 2.52 bits per heavy atom. The van der Waals surface area contributed by atoms with E-state index in [0.717, 1.165) is 5.52 Å². The normalized spacial score (nSPS) is 11.8. The summed E-state index contributed by atoms with van der Waals surface area (Å²) in [4.78, 5) is 16.6. The second-order valence-electron chi connectivity index (χ2n) is 4.75. The minimum atomic E-state index is -0.240. The van der Waals surface area contributed by atoms with Crippen LogP contribution in [0.25, 0.3) is 22.9 Å². The maximum Gasteiger partial charge on any atom is 0.276 e.